The lowest BCUT2D eigenvalue weighted by Gasteiger charge is -2.04. The normalized spacial score (nSPS) is 14.6. The predicted octanol–water partition coefficient (Wildman–Crippen LogP) is 2.24. The summed E-state index contributed by atoms with van der Waals surface area (Å²) in [6, 6.07) is 0. The monoisotopic (exact) mass is 128 g/mol. The highest BCUT2D eigenvalue weighted by atomic mass is 16.5. The van der Waals surface area contributed by atoms with Crippen molar-refractivity contribution in [2.75, 3.05) is 13.7 Å². The molecule has 1 atom stereocenters. The van der Waals surface area contributed by atoms with Gasteiger partial charge in [0.25, 0.3) is 0 Å². The average Bonchev–Trinajstić information content (AvgIpc) is 1.85. The van der Waals surface area contributed by atoms with E-state index in [9.17, 15) is 0 Å². The summed E-state index contributed by atoms with van der Waals surface area (Å²) in [5.41, 5.74) is 0. The lowest BCUT2D eigenvalue weighted by Crippen LogP contribution is -2.01. The molecule has 0 aliphatic carbocycles. The minimum absolute atomic E-state index is 0.659. The van der Waals surface area contributed by atoms with Crippen molar-refractivity contribution in [1.82, 2.24) is 0 Å². The lowest BCUT2D eigenvalue weighted by atomic mass is 10.1. The van der Waals surface area contributed by atoms with Crippen LogP contribution in [0.3, 0.4) is 0 Å². The van der Waals surface area contributed by atoms with Crippen LogP contribution in [0.15, 0.2) is 12.2 Å². The van der Waals surface area contributed by atoms with Gasteiger partial charge in [0.05, 0.1) is 0 Å². The number of allylic oxidation sites excluding steroid dienone is 2. The fraction of sp³-hybridized carbons (Fsp3) is 0.750. The van der Waals surface area contributed by atoms with E-state index in [1.54, 1.807) is 7.11 Å². The Morgan fingerprint density at radius 3 is 2.67 bits per heavy atom. The number of methoxy groups -OCH3 is 1. The van der Waals surface area contributed by atoms with Crippen LogP contribution in [0.2, 0.25) is 0 Å². The Morgan fingerprint density at radius 2 is 2.22 bits per heavy atom. The second-order valence-electron chi connectivity index (χ2n) is 2.37. The first-order valence-electron chi connectivity index (χ1n) is 3.41. The van der Waals surface area contributed by atoms with E-state index in [4.69, 9.17) is 4.74 Å². The van der Waals surface area contributed by atoms with Gasteiger partial charge < -0.3 is 4.74 Å². The molecule has 0 aromatic rings. The Hall–Kier alpha value is -0.300. The van der Waals surface area contributed by atoms with Gasteiger partial charge in [0.15, 0.2) is 0 Å². The van der Waals surface area contributed by atoms with E-state index < -0.39 is 0 Å². The molecular weight excluding hydrogens is 112 g/mol. The molecule has 1 heteroatoms. The molecule has 0 rings (SSSR count). The largest absolute Gasteiger partial charge is 0.384 e. The Bertz CT molecular complexity index is 76.6. The Labute approximate surface area is 57.7 Å². The van der Waals surface area contributed by atoms with Crippen molar-refractivity contribution in [3.8, 4) is 0 Å². The van der Waals surface area contributed by atoms with E-state index in [2.05, 4.69) is 19.1 Å². The van der Waals surface area contributed by atoms with Crippen LogP contribution in [-0.4, -0.2) is 13.7 Å². The van der Waals surface area contributed by atoms with E-state index in [0.717, 1.165) is 13.0 Å². The van der Waals surface area contributed by atoms with Crippen LogP contribution in [0.5, 0.6) is 0 Å². The van der Waals surface area contributed by atoms with Crippen LogP contribution < -0.4 is 0 Å². The van der Waals surface area contributed by atoms with Crippen molar-refractivity contribution in [3.05, 3.63) is 12.2 Å². The molecule has 54 valence electrons. The SMILES string of the molecule is C/C=C/C[C@H](C)COC. The minimum Gasteiger partial charge on any atom is -0.384 e. The van der Waals surface area contributed by atoms with Gasteiger partial charge in [0.1, 0.15) is 0 Å². The van der Waals surface area contributed by atoms with Crippen molar-refractivity contribution in [3.63, 3.8) is 0 Å². The topological polar surface area (TPSA) is 9.23 Å². The second-order valence-corrected chi connectivity index (χ2v) is 2.37. The second kappa shape index (κ2) is 5.83. The Balaban J connectivity index is 3.15. The fourth-order valence-electron chi connectivity index (χ4n) is 0.721. The number of ether oxygens (including phenoxy) is 1. The van der Waals surface area contributed by atoms with E-state index in [1.807, 2.05) is 6.92 Å². The van der Waals surface area contributed by atoms with Crippen LogP contribution >= 0.6 is 0 Å². The molecule has 0 bridgehead atoms. The van der Waals surface area contributed by atoms with Crippen molar-refractivity contribution in [2.45, 2.75) is 20.3 Å². The van der Waals surface area contributed by atoms with Gasteiger partial charge >= 0.3 is 0 Å². The summed E-state index contributed by atoms with van der Waals surface area (Å²) in [7, 11) is 1.74. The summed E-state index contributed by atoms with van der Waals surface area (Å²) in [6.45, 7) is 5.09. The van der Waals surface area contributed by atoms with Crippen LogP contribution in [0.25, 0.3) is 0 Å². The van der Waals surface area contributed by atoms with Gasteiger partial charge in [0, 0.05) is 13.7 Å². The molecule has 0 aromatic carbocycles. The highest BCUT2D eigenvalue weighted by molar-refractivity contribution is 4.78. The highest BCUT2D eigenvalue weighted by Crippen LogP contribution is 2.01. The molecular formula is C8H16O. The summed E-state index contributed by atoms with van der Waals surface area (Å²) >= 11 is 0. The summed E-state index contributed by atoms with van der Waals surface area (Å²) in [5.74, 6) is 0.659. The molecule has 0 saturated carbocycles. The predicted molar refractivity (Wildman–Crippen MR) is 40.5 cm³/mol. The molecule has 0 heterocycles. The minimum atomic E-state index is 0.659. The summed E-state index contributed by atoms with van der Waals surface area (Å²) in [4.78, 5) is 0. The molecule has 0 aromatic heterocycles. The molecule has 0 saturated heterocycles. The van der Waals surface area contributed by atoms with Gasteiger partial charge in [-0.3, -0.25) is 0 Å². The number of hydrogen-bond acceptors (Lipinski definition) is 1. The third-order valence-corrected chi connectivity index (χ3v) is 1.23. The third-order valence-electron chi connectivity index (χ3n) is 1.23. The molecule has 0 fully saturated rings. The first kappa shape index (κ1) is 8.70. The van der Waals surface area contributed by atoms with E-state index in [1.165, 1.54) is 0 Å². The average molecular weight is 128 g/mol. The molecule has 0 N–H and O–H groups in total. The molecule has 1 nitrogen and oxygen atoms in total. The first-order chi connectivity index (χ1) is 4.31. The molecule has 9 heavy (non-hydrogen) atoms. The van der Waals surface area contributed by atoms with Gasteiger partial charge in [-0.05, 0) is 19.3 Å². The molecule has 0 amide bonds. The number of rotatable bonds is 4. The number of hydrogen-bond donors (Lipinski definition) is 0. The molecule has 0 unspecified atom stereocenters. The van der Waals surface area contributed by atoms with E-state index in [-0.39, 0.29) is 0 Å². The van der Waals surface area contributed by atoms with Crippen LogP contribution in [0.1, 0.15) is 20.3 Å². The van der Waals surface area contributed by atoms with E-state index >= 15 is 0 Å². The molecule has 0 spiro atoms. The lowest BCUT2D eigenvalue weighted by molar-refractivity contribution is 0.161. The molecule has 0 aliphatic heterocycles. The Morgan fingerprint density at radius 1 is 1.56 bits per heavy atom. The van der Waals surface area contributed by atoms with Gasteiger partial charge in [-0.15, -0.1) is 0 Å². The van der Waals surface area contributed by atoms with Gasteiger partial charge in [0.2, 0.25) is 0 Å². The summed E-state index contributed by atoms with van der Waals surface area (Å²) in [5, 5.41) is 0. The quantitative estimate of drug-likeness (QED) is 0.527. The van der Waals surface area contributed by atoms with Gasteiger partial charge in [-0.25, -0.2) is 0 Å². The third kappa shape index (κ3) is 5.57. The maximum Gasteiger partial charge on any atom is 0.0490 e. The maximum atomic E-state index is 4.97. The zero-order valence-corrected chi connectivity index (χ0v) is 6.55. The Kier molecular flexibility index (Phi) is 5.64. The highest BCUT2D eigenvalue weighted by Gasteiger charge is 1.95. The standard InChI is InChI=1S/C8H16O/c1-4-5-6-8(2)7-9-3/h4-5,8H,6-7H2,1-3H3/b5-4+/t8-/m0/s1. The fourth-order valence-corrected chi connectivity index (χ4v) is 0.721. The summed E-state index contributed by atoms with van der Waals surface area (Å²) in [6.07, 6.45) is 5.38. The molecule has 0 aliphatic rings. The van der Waals surface area contributed by atoms with Crippen LogP contribution in [0.4, 0.5) is 0 Å². The molecule has 0 radical (unpaired) electrons. The van der Waals surface area contributed by atoms with Gasteiger partial charge in [-0.2, -0.15) is 0 Å². The zero-order valence-electron chi connectivity index (χ0n) is 6.55. The van der Waals surface area contributed by atoms with Gasteiger partial charge in [-0.1, -0.05) is 19.1 Å². The van der Waals surface area contributed by atoms with E-state index in [0.29, 0.717) is 5.92 Å². The summed E-state index contributed by atoms with van der Waals surface area (Å²) < 4.78 is 4.97. The zero-order chi connectivity index (χ0) is 7.11. The van der Waals surface area contributed by atoms with Crippen LogP contribution in [-0.2, 0) is 4.74 Å². The maximum absolute atomic E-state index is 4.97. The van der Waals surface area contributed by atoms with Crippen molar-refractivity contribution >= 4 is 0 Å². The van der Waals surface area contributed by atoms with Crippen LogP contribution in [0, 0.1) is 5.92 Å². The van der Waals surface area contributed by atoms with Crippen molar-refractivity contribution in [1.29, 1.82) is 0 Å². The smallest absolute Gasteiger partial charge is 0.0490 e. The van der Waals surface area contributed by atoms with Crippen molar-refractivity contribution in [2.24, 2.45) is 5.92 Å². The first-order valence-corrected chi connectivity index (χ1v) is 3.41. The van der Waals surface area contributed by atoms with Crippen molar-refractivity contribution < 1.29 is 4.74 Å².